The minimum absolute atomic E-state index is 0.0154. The number of hydrogen-bond acceptors (Lipinski definition) is 5. The van der Waals surface area contributed by atoms with Crippen molar-refractivity contribution in [3.63, 3.8) is 0 Å². The van der Waals surface area contributed by atoms with E-state index in [1.807, 2.05) is 0 Å². The van der Waals surface area contributed by atoms with Crippen molar-refractivity contribution in [2.75, 3.05) is 65.8 Å². The fourth-order valence-electron chi connectivity index (χ4n) is 2.02. The second-order valence-electron chi connectivity index (χ2n) is 5.47. The van der Waals surface area contributed by atoms with Crippen LogP contribution in [-0.2, 0) is 23.8 Å². The van der Waals surface area contributed by atoms with Crippen LogP contribution in [-0.4, -0.2) is 87.4 Å². The van der Waals surface area contributed by atoms with Gasteiger partial charge in [-0.25, -0.2) is 0 Å². The average molecular weight is 380 g/mol. The molecule has 0 spiro atoms. The van der Waals surface area contributed by atoms with Crippen molar-refractivity contribution in [1.82, 2.24) is 9.80 Å². The van der Waals surface area contributed by atoms with Gasteiger partial charge in [0.1, 0.15) is 13.2 Å². The molecular weight excluding hydrogens is 348 g/mol. The van der Waals surface area contributed by atoms with Gasteiger partial charge in [0.05, 0.1) is 26.4 Å². The smallest absolute Gasteiger partial charge is 0.249 e. The maximum Gasteiger partial charge on any atom is 0.249 e. The van der Waals surface area contributed by atoms with Crippen molar-refractivity contribution >= 4 is 11.8 Å². The van der Waals surface area contributed by atoms with E-state index < -0.39 is 0 Å². The van der Waals surface area contributed by atoms with Crippen molar-refractivity contribution in [3.8, 4) is 0 Å². The van der Waals surface area contributed by atoms with Crippen LogP contribution in [0.4, 0.5) is 0 Å². The lowest BCUT2D eigenvalue weighted by molar-refractivity contribution is -0.135. The molecule has 0 aliphatic carbocycles. The third-order valence-electron chi connectivity index (χ3n) is 3.30. The predicted octanol–water partition coefficient (Wildman–Crippen LogP) is 1.44. The van der Waals surface area contributed by atoms with Gasteiger partial charge < -0.3 is 24.0 Å². The topological polar surface area (TPSA) is 68.3 Å². The fraction of sp³-hybridized carbons (Fsp3) is 0.500. The van der Waals surface area contributed by atoms with E-state index in [9.17, 15) is 9.59 Å². The number of amides is 2. The zero-order valence-corrected chi connectivity index (χ0v) is 16.1. The summed E-state index contributed by atoms with van der Waals surface area (Å²) in [5, 5.41) is 0. The standard InChI is InChI=1S/C20H32N2O5/c1-5-9-21(10-6-2)19(23)17-26-15-13-25-14-16-27-18-20(24)22(11-7-3)12-8-4/h5-8H,1-4,9-18H2. The molecule has 0 atom stereocenters. The van der Waals surface area contributed by atoms with Gasteiger partial charge in [-0.1, -0.05) is 24.3 Å². The first-order chi connectivity index (χ1) is 13.1. The minimum Gasteiger partial charge on any atom is -0.377 e. The Kier molecular flexibility index (Phi) is 15.8. The summed E-state index contributed by atoms with van der Waals surface area (Å²) >= 11 is 0. The average Bonchev–Trinajstić information content (AvgIpc) is 2.66. The van der Waals surface area contributed by atoms with E-state index in [4.69, 9.17) is 14.2 Å². The summed E-state index contributed by atoms with van der Waals surface area (Å²) in [6.07, 6.45) is 6.62. The molecule has 27 heavy (non-hydrogen) atoms. The minimum atomic E-state index is -0.125. The summed E-state index contributed by atoms with van der Waals surface area (Å²) in [6, 6.07) is 0. The highest BCUT2D eigenvalue weighted by molar-refractivity contribution is 5.78. The quantitative estimate of drug-likeness (QED) is 0.266. The van der Waals surface area contributed by atoms with Gasteiger partial charge in [0.2, 0.25) is 11.8 Å². The van der Waals surface area contributed by atoms with Crippen LogP contribution in [0.5, 0.6) is 0 Å². The lowest BCUT2D eigenvalue weighted by Gasteiger charge is -2.19. The molecule has 0 aromatic rings. The number of carbonyl (C=O) groups excluding carboxylic acids is 2. The largest absolute Gasteiger partial charge is 0.377 e. The monoisotopic (exact) mass is 380 g/mol. The maximum absolute atomic E-state index is 11.9. The number of rotatable bonds is 18. The molecule has 7 nitrogen and oxygen atoms in total. The molecule has 0 aromatic heterocycles. The summed E-state index contributed by atoms with van der Waals surface area (Å²) < 4.78 is 15.9. The van der Waals surface area contributed by atoms with Crippen molar-refractivity contribution in [2.24, 2.45) is 0 Å². The highest BCUT2D eigenvalue weighted by Gasteiger charge is 2.11. The van der Waals surface area contributed by atoms with Gasteiger partial charge in [-0.3, -0.25) is 9.59 Å². The summed E-state index contributed by atoms with van der Waals surface area (Å²) in [6.45, 7) is 17.5. The third kappa shape index (κ3) is 12.7. The molecule has 0 aliphatic rings. The van der Waals surface area contributed by atoms with Gasteiger partial charge in [-0.2, -0.15) is 0 Å². The van der Waals surface area contributed by atoms with Crippen LogP contribution in [0.1, 0.15) is 0 Å². The van der Waals surface area contributed by atoms with E-state index >= 15 is 0 Å². The van der Waals surface area contributed by atoms with Gasteiger partial charge >= 0.3 is 0 Å². The summed E-state index contributed by atoms with van der Waals surface area (Å²) in [5.74, 6) is -0.250. The molecule has 0 aromatic carbocycles. The van der Waals surface area contributed by atoms with E-state index in [2.05, 4.69) is 26.3 Å². The van der Waals surface area contributed by atoms with Gasteiger partial charge in [-0.05, 0) is 0 Å². The first-order valence-electron chi connectivity index (χ1n) is 8.83. The Hall–Kier alpha value is -2.22. The lowest BCUT2D eigenvalue weighted by atomic mass is 10.4. The van der Waals surface area contributed by atoms with E-state index in [0.29, 0.717) is 52.6 Å². The first-order valence-corrected chi connectivity index (χ1v) is 8.83. The van der Waals surface area contributed by atoms with E-state index in [-0.39, 0.29) is 25.0 Å². The van der Waals surface area contributed by atoms with Crippen molar-refractivity contribution in [2.45, 2.75) is 0 Å². The Balaban J connectivity index is 3.71. The summed E-state index contributed by atoms with van der Waals surface area (Å²) in [5.41, 5.74) is 0. The van der Waals surface area contributed by atoms with Crippen LogP contribution >= 0.6 is 0 Å². The zero-order valence-electron chi connectivity index (χ0n) is 16.1. The molecule has 0 saturated heterocycles. The highest BCUT2D eigenvalue weighted by Crippen LogP contribution is 1.94. The number of nitrogens with zero attached hydrogens (tertiary/aromatic N) is 2. The van der Waals surface area contributed by atoms with Gasteiger partial charge in [0.25, 0.3) is 0 Å². The first kappa shape index (κ1) is 24.8. The molecule has 0 rings (SSSR count). The Morgan fingerprint density at radius 2 is 0.889 bits per heavy atom. The van der Waals surface area contributed by atoms with Crippen molar-refractivity contribution in [1.29, 1.82) is 0 Å². The number of ether oxygens (including phenoxy) is 3. The molecule has 0 N–H and O–H groups in total. The van der Waals surface area contributed by atoms with Crippen LogP contribution in [0.3, 0.4) is 0 Å². The van der Waals surface area contributed by atoms with Crippen LogP contribution in [0, 0.1) is 0 Å². The molecule has 0 radical (unpaired) electrons. The van der Waals surface area contributed by atoms with Crippen molar-refractivity contribution in [3.05, 3.63) is 50.6 Å². The van der Waals surface area contributed by atoms with E-state index in [1.54, 1.807) is 34.1 Å². The van der Waals surface area contributed by atoms with Crippen LogP contribution < -0.4 is 0 Å². The second kappa shape index (κ2) is 17.2. The summed E-state index contributed by atoms with van der Waals surface area (Å²) in [7, 11) is 0. The highest BCUT2D eigenvalue weighted by atomic mass is 16.5. The Bertz CT molecular complexity index is 417. The van der Waals surface area contributed by atoms with E-state index in [1.165, 1.54) is 0 Å². The van der Waals surface area contributed by atoms with Crippen LogP contribution in [0.15, 0.2) is 50.6 Å². The lowest BCUT2D eigenvalue weighted by Crippen LogP contribution is -2.34. The maximum atomic E-state index is 11.9. The van der Waals surface area contributed by atoms with Gasteiger partial charge in [-0.15, -0.1) is 26.3 Å². The molecule has 0 unspecified atom stereocenters. The molecule has 0 saturated carbocycles. The molecule has 7 heteroatoms. The molecule has 2 amide bonds. The predicted molar refractivity (Wildman–Crippen MR) is 106 cm³/mol. The molecule has 0 heterocycles. The number of carbonyl (C=O) groups is 2. The fourth-order valence-corrected chi connectivity index (χ4v) is 2.02. The number of hydrogen-bond donors (Lipinski definition) is 0. The van der Waals surface area contributed by atoms with Crippen LogP contribution in [0.25, 0.3) is 0 Å². The molecule has 0 bridgehead atoms. The Morgan fingerprint density at radius 3 is 1.19 bits per heavy atom. The SMILES string of the molecule is C=CCN(CC=C)C(=O)COCCOCCOCC(=O)N(CC=C)CC=C. The molecule has 0 fully saturated rings. The normalized spacial score (nSPS) is 10.1. The van der Waals surface area contributed by atoms with Crippen molar-refractivity contribution < 1.29 is 23.8 Å². The Morgan fingerprint density at radius 1 is 0.593 bits per heavy atom. The summed E-state index contributed by atoms with van der Waals surface area (Å²) in [4.78, 5) is 27.0. The van der Waals surface area contributed by atoms with Crippen LogP contribution in [0.2, 0.25) is 0 Å². The van der Waals surface area contributed by atoms with E-state index in [0.717, 1.165) is 0 Å². The second-order valence-corrected chi connectivity index (χ2v) is 5.47. The Labute approximate surface area is 162 Å². The molecule has 0 aliphatic heterocycles. The molecule has 152 valence electrons. The van der Waals surface area contributed by atoms with Gasteiger partial charge in [0.15, 0.2) is 0 Å². The third-order valence-corrected chi connectivity index (χ3v) is 3.30. The molecular formula is C20H32N2O5. The zero-order chi connectivity index (χ0) is 20.3. The van der Waals surface area contributed by atoms with Gasteiger partial charge in [0, 0.05) is 26.2 Å².